The lowest BCUT2D eigenvalue weighted by Gasteiger charge is -1.92. The number of aliphatic hydroxyl groups is 1. The number of hydrogen-bond donors (Lipinski definition) is 2. The van der Waals surface area contributed by atoms with Gasteiger partial charge in [-0.05, 0) is 18.7 Å². The molecule has 0 amide bonds. The predicted octanol–water partition coefficient (Wildman–Crippen LogP) is 2.52. The highest BCUT2D eigenvalue weighted by molar-refractivity contribution is 4.97. The second kappa shape index (κ2) is 7.92. The van der Waals surface area contributed by atoms with Crippen LogP contribution in [0.25, 0.3) is 0 Å². The molecule has 0 rings (SSSR count). The van der Waals surface area contributed by atoms with Gasteiger partial charge in [0.1, 0.15) is 0 Å². The molecule has 2 heteroatoms. The molecule has 0 bridgehead atoms. The van der Waals surface area contributed by atoms with Gasteiger partial charge in [0, 0.05) is 13.0 Å². The van der Waals surface area contributed by atoms with Crippen LogP contribution < -0.4 is 5.32 Å². The van der Waals surface area contributed by atoms with Gasteiger partial charge >= 0.3 is 0 Å². The lowest BCUT2D eigenvalue weighted by atomic mass is 10.3. The predicted molar refractivity (Wildman–Crippen MR) is 53.0 cm³/mol. The molecule has 0 saturated heterocycles. The maximum absolute atomic E-state index is 9.06. The summed E-state index contributed by atoms with van der Waals surface area (Å²) in [4.78, 5) is 0. The number of allylic oxidation sites excluding steroid dienone is 3. The van der Waals surface area contributed by atoms with Gasteiger partial charge in [-0.2, -0.15) is 0 Å². The zero-order valence-corrected chi connectivity index (χ0v) is 7.59. The zero-order chi connectivity index (χ0) is 9.23. The fourth-order valence-corrected chi connectivity index (χ4v) is 0.679. The Balaban J connectivity index is 3.41. The van der Waals surface area contributed by atoms with Gasteiger partial charge in [-0.25, -0.2) is 0 Å². The Hall–Kier alpha value is -1.18. The Bertz CT molecular complexity index is 171. The van der Waals surface area contributed by atoms with E-state index in [-0.39, 0.29) is 0 Å². The van der Waals surface area contributed by atoms with Gasteiger partial charge in [-0.3, -0.25) is 0 Å². The average molecular weight is 167 g/mol. The second-order valence-corrected chi connectivity index (χ2v) is 2.37. The Kier molecular flexibility index (Phi) is 7.14. The third-order valence-corrected chi connectivity index (χ3v) is 1.40. The van der Waals surface area contributed by atoms with Crippen molar-refractivity contribution in [2.45, 2.75) is 19.8 Å². The van der Waals surface area contributed by atoms with Gasteiger partial charge in [0.25, 0.3) is 0 Å². The second-order valence-electron chi connectivity index (χ2n) is 2.37. The Labute approximate surface area is 74.3 Å². The molecule has 0 saturated carbocycles. The molecule has 2 nitrogen and oxygen atoms in total. The van der Waals surface area contributed by atoms with Gasteiger partial charge in [0.15, 0.2) is 0 Å². The standard InChI is InChI=1S/C10H17NO/c1-3-10(12)8-6-5-7-9-11-4-2/h4-5,7-8,11-12H,2-3,6,9H2,1H3/b7-5-,10-8+. The summed E-state index contributed by atoms with van der Waals surface area (Å²) >= 11 is 0. The summed E-state index contributed by atoms with van der Waals surface area (Å²) in [5.41, 5.74) is 0. The first-order valence-electron chi connectivity index (χ1n) is 4.18. The molecular weight excluding hydrogens is 150 g/mol. The van der Waals surface area contributed by atoms with E-state index in [1.807, 2.05) is 25.2 Å². The molecule has 0 aliphatic rings. The topological polar surface area (TPSA) is 32.3 Å². The van der Waals surface area contributed by atoms with E-state index in [1.54, 1.807) is 6.20 Å². The van der Waals surface area contributed by atoms with Gasteiger partial charge < -0.3 is 10.4 Å². The molecule has 0 aromatic heterocycles. The van der Waals surface area contributed by atoms with Crippen LogP contribution in [0, 0.1) is 0 Å². The molecule has 0 aliphatic heterocycles. The molecule has 0 spiro atoms. The summed E-state index contributed by atoms with van der Waals surface area (Å²) in [6.45, 7) is 6.24. The van der Waals surface area contributed by atoms with E-state index >= 15 is 0 Å². The Morgan fingerprint density at radius 1 is 1.50 bits per heavy atom. The first-order valence-corrected chi connectivity index (χ1v) is 4.18. The van der Waals surface area contributed by atoms with Gasteiger partial charge in [0.2, 0.25) is 0 Å². The van der Waals surface area contributed by atoms with E-state index in [1.165, 1.54) is 0 Å². The summed E-state index contributed by atoms with van der Waals surface area (Å²) in [5.74, 6) is 0.455. The van der Waals surface area contributed by atoms with E-state index in [0.717, 1.165) is 13.0 Å². The van der Waals surface area contributed by atoms with Crippen molar-refractivity contribution in [1.29, 1.82) is 0 Å². The van der Waals surface area contributed by atoms with Crippen LogP contribution in [-0.2, 0) is 0 Å². The van der Waals surface area contributed by atoms with Crippen molar-refractivity contribution >= 4 is 0 Å². The van der Waals surface area contributed by atoms with Crippen molar-refractivity contribution in [2.75, 3.05) is 6.54 Å². The van der Waals surface area contributed by atoms with Crippen LogP contribution in [0.4, 0.5) is 0 Å². The first kappa shape index (κ1) is 10.8. The molecule has 12 heavy (non-hydrogen) atoms. The van der Waals surface area contributed by atoms with E-state index in [9.17, 15) is 0 Å². The van der Waals surface area contributed by atoms with E-state index in [0.29, 0.717) is 12.2 Å². The lowest BCUT2D eigenvalue weighted by molar-refractivity contribution is 0.392. The van der Waals surface area contributed by atoms with Crippen molar-refractivity contribution in [3.05, 3.63) is 36.8 Å². The summed E-state index contributed by atoms with van der Waals surface area (Å²) in [5, 5.41) is 12.0. The van der Waals surface area contributed by atoms with Crippen molar-refractivity contribution in [3.63, 3.8) is 0 Å². The molecule has 0 heterocycles. The smallest absolute Gasteiger partial charge is 0.0883 e. The Morgan fingerprint density at radius 2 is 2.25 bits per heavy atom. The number of aliphatic hydroxyl groups excluding tert-OH is 1. The van der Waals surface area contributed by atoms with Crippen LogP contribution >= 0.6 is 0 Å². The fraction of sp³-hybridized carbons (Fsp3) is 0.400. The van der Waals surface area contributed by atoms with E-state index in [2.05, 4.69) is 11.9 Å². The molecule has 0 unspecified atom stereocenters. The lowest BCUT2D eigenvalue weighted by Crippen LogP contribution is -2.01. The average Bonchev–Trinajstić information content (AvgIpc) is 2.10. The third-order valence-electron chi connectivity index (χ3n) is 1.40. The van der Waals surface area contributed by atoms with Crippen LogP contribution in [0.2, 0.25) is 0 Å². The third kappa shape index (κ3) is 6.93. The van der Waals surface area contributed by atoms with Crippen molar-refractivity contribution < 1.29 is 5.11 Å². The van der Waals surface area contributed by atoms with Crippen LogP contribution in [0.3, 0.4) is 0 Å². The maximum atomic E-state index is 9.06. The number of rotatable bonds is 6. The molecule has 0 atom stereocenters. The highest BCUT2D eigenvalue weighted by Crippen LogP contribution is 1.96. The van der Waals surface area contributed by atoms with Crippen molar-refractivity contribution in [1.82, 2.24) is 5.32 Å². The molecule has 0 aliphatic carbocycles. The maximum Gasteiger partial charge on any atom is 0.0883 e. The van der Waals surface area contributed by atoms with Crippen molar-refractivity contribution in [3.8, 4) is 0 Å². The summed E-state index contributed by atoms with van der Waals surface area (Å²) in [7, 11) is 0. The molecular formula is C10H17NO. The summed E-state index contributed by atoms with van der Waals surface area (Å²) in [6.07, 6.45) is 8.97. The van der Waals surface area contributed by atoms with Crippen LogP contribution in [-0.4, -0.2) is 11.7 Å². The molecule has 2 N–H and O–H groups in total. The zero-order valence-electron chi connectivity index (χ0n) is 7.59. The highest BCUT2D eigenvalue weighted by Gasteiger charge is 1.82. The van der Waals surface area contributed by atoms with E-state index in [4.69, 9.17) is 5.11 Å². The molecule has 0 fully saturated rings. The minimum absolute atomic E-state index is 0.455. The minimum Gasteiger partial charge on any atom is -0.513 e. The van der Waals surface area contributed by atoms with Gasteiger partial charge in [-0.15, -0.1) is 0 Å². The van der Waals surface area contributed by atoms with E-state index < -0.39 is 0 Å². The Morgan fingerprint density at radius 3 is 2.83 bits per heavy atom. The molecule has 0 aromatic carbocycles. The first-order chi connectivity index (χ1) is 5.81. The fourth-order valence-electron chi connectivity index (χ4n) is 0.679. The number of nitrogens with one attached hydrogen (secondary N) is 1. The molecule has 0 aromatic rings. The van der Waals surface area contributed by atoms with Gasteiger partial charge in [-0.1, -0.05) is 25.7 Å². The normalized spacial score (nSPS) is 11.9. The monoisotopic (exact) mass is 167 g/mol. The van der Waals surface area contributed by atoms with Crippen LogP contribution in [0.5, 0.6) is 0 Å². The highest BCUT2D eigenvalue weighted by atomic mass is 16.3. The molecule has 68 valence electrons. The van der Waals surface area contributed by atoms with Crippen LogP contribution in [0.15, 0.2) is 36.8 Å². The van der Waals surface area contributed by atoms with Crippen molar-refractivity contribution in [2.24, 2.45) is 0 Å². The quantitative estimate of drug-likeness (QED) is 0.362. The molecule has 0 radical (unpaired) electrons. The number of hydrogen-bond acceptors (Lipinski definition) is 2. The minimum atomic E-state index is 0.455. The summed E-state index contributed by atoms with van der Waals surface area (Å²) in [6, 6.07) is 0. The SMILES string of the molecule is C=CNC/C=C\C/C=C(/O)CC. The van der Waals surface area contributed by atoms with Crippen LogP contribution in [0.1, 0.15) is 19.8 Å². The summed E-state index contributed by atoms with van der Waals surface area (Å²) < 4.78 is 0. The largest absolute Gasteiger partial charge is 0.513 e. The van der Waals surface area contributed by atoms with Gasteiger partial charge in [0.05, 0.1) is 5.76 Å².